The lowest BCUT2D eigenvalue weighted by atomic mass is 9.91. The fourth-order valence-corrected chi connectivity index (χ4v) is 4.20. The highest BCUT2D eigenvalue weighted by Crippen LogP contribution is 2.38. The highest BCUT2D eigenvalue weighted by molar-refractivity contribution is 6.27. The number of hydrogen-bond donors (Lipinski definition) is 0. The van der Waals surface area contributed by atoms with Crippen LogP contribution in [0.25, 0.3) is 43.6 Å². The molecule has 5 rings (SSSR count). The summed E-state index contributed by atoms with van der Waals surface area (Å²) in [6.45, 7) is 2.19. The summed E-state index contributed by atoms with van der Waals surface area (Å²) in [5, 5.41) is 7.92. The van der Waals surface area contributed by atoms with Crippen LogP contribution >= 0.6 is 0 Å². The summed E-state index contributed by atoms with van der Waals surface area (Å²) >= 11 is 0. The van der Waals surface area contributed by atoms with E-state index in [2.05, 4.69) is 104 Å². The molecule has 0 aliphatic carbocycles. The summed E-state index contributed by atoms with van der Waals surface area (Å²) in [4.78, 5) is 0. The lowest BCUT2D eigenvalue weighted by Gasteiger charge is -2.13. The summed E-state index contributed by atoms with van der Waals surface area (Å²) < 4.78 is 2.26. The van der Waals surface area contributed by atoms with Crippen molar-refractivity contribution in [1.29, 1.82) is 0 Å². The Morgan fingerprint density at radius 3 is 1.73 bits per heavy atom. The molecule has 0 spiro atoms. The Hall–Kier alpha value is -3.19. The standard InChI is InChI=1S/C25H20N/c1-17-9-3-4-10-18(17)25-24-22-14-8-7-12-20(22)19-11-5-6-13-21(19)23(24)15-16-26(25)2/h3-16H,1-2H3/q+1. The average Bonchev–Trinajstić information content (AvgIpc) is 2.69. The van der Waals surface area contributed by atoms with Crippen LogP contribution in [0.1, 0.15) is 5.56 Å². The minimum absolute atomic E-state index is 1.28. The molecule has 5 aromatic rings. The van der Waals surface area contributed by atoms with Crippen molar-refractivity contribution in [3.63, 3.8) is 0 Å². The maximum atomic E-state index is 2.26. The topological polar surface area (TPSA) is 3.88 Å². The molecule has 0 fully saturated rings. The van der Waals surface area contributed by atoms with Gasteiger partial charge in [0.05, 0.1) is 5.39 Å². The van der Waals surface area contributed by atoms with Crippen LogP contribution in [0, 0.1) is 6.92 Å². The van der Waals surface area contributed by atoms with Crippen molar-refractivity contribution in [3.05, 3.63) is 90.6 Å². The van der Waals surface area contributed by atoms with E-state index in [1.807, 2.05) is 0 Å². The smallest absolute Gasteiger partial charge is 0.200 e. The molecule has 0 aliphatic rings. The second-order valence-electron chi connectivity index (χ2n) is 6.97. The molecule has 0 aliphatic heterocycles. The summed E-state index contributed by atoms with van der Waals surface area (Å²) in [7, 11) is 2.14. The van der Waals surface area contributed by atoms with Crippen LogP contribution in [0.5, 0.6) is 0 Å². The molecule has 124 valence electrons. The number of pyridine rings is 1. The molecule has 0 saturated heterocycles. The van der Waals surface area contributed by atoms with Crippen molar-refractivity contribution in [1.82, 2.24) is 0 Å². The lowest BCUT2D eigenvalue weighted by molar-refractivity contribution is -0.659. The van der Waals surface area contributed by atoms with Gasteiger partial charge < -0.3 is 0 Å². The van der Waals surface area contributed by atoms with Crippen molar-refractivity contribution in [2.24, 2.45) is 7.05 Å². The molecule has 0 amide bonds. The first-order chi connectivity index (χ1) is 12.8. The molecule has 0 radical (unpaired) electrons. The zero-order valence-electron chi connectivity index (χ0n) is 15.0. The van der Waals surface area contributed by atoms with Crippen LogP contribution in [0.3, 0.4) is 0 Å². The third kappa shape index (κ3) is 2.07. The highest BCUT2D eigenvalue weighted by Gasteiger charge is 2.20. The molecule has 0 unspecified atom stereocenters. The van der Waals surface area contributed by atoms with Crippen molar-refractivity contribution >= 4 is 32.3 Å². The average molecular weight is 334 g/mol. The van der Waals surface area contributed by atoms with Gasteiger partial charge in [0.1, 0.15) is 7.05 Å². The third-order valence-electron chi connectivity index (χ3n) is 5.43. The van der Waals surface area contributed by atoms with Crippen molar-refractivity contribution < 1.29 is 4.57 Å². The molecule has 0 saturated carbocycles. The van der Waals surface area contributed by atoms with Gasteiger partial charge in [0.15, 0.2) is 6.20 Å². The number of fused-ring (bicyclic) bond motifs is 6. The van der Waals surface area contributed by atoms with E-state index >= 15 is 0 Å². The first kappa shape index (κ1) is 15.1. The van der Waals surface area contributed by atoms with E-state index in [9.17, 15) is 0 Å². The zero-order valence-corrected chi connectivity index (χ0v) is 15.0. The maximum Gasteiger partial charge on any atom is 0.221 e. The summed E-state index contributed by atoms with van der Waals surface area (Å²) in [6, 6.07) is 28.4. The normalized spacial score (nSPS) is 11.5. The van der Waals surface area contributed by atoms with Crippen molar-refractivity contribution in [3.8, 4) is 11.3 Å². The Bertz CT molecular complexity index is 1260. The molecular formula is C25H20N+. The largest absolute Gasteiger partial charge is 0.221 e. The van der Waals surface area contributed by atoms with E-state index in [1.165, 1.54) is 49.1 Å². The number of rotatable bonds is 1. The molecule has 1 heteroatoms. The monoisotopic (exact) mass is 334 g/mol. The Balaban J connectivity index is 2.12. The van der Waals surface area contributed by atoms with E-state index in [0.717, 1.165) is 0 Å². The van der Waals surface area contributed by atoms with Gasteiger partial charge in [-0.2, -0.15) is 0 Å². The molecule has 0 atom stereocenters. The SMILES string of the molecule is Cc1ccccc1-c1c2c3ccccc3c3ccccc3c2cc[n+]1C. The van der Waals surface area contributed by atoms with Gasteiger partial charge in [-0.05, 0) is 40.1 Å². The quantitative estimate of drug-likeness (QED) is 0.263. The van der Waals surface area contributed by atoms with Crippen LogP contribution < -0.4 is 4.57 Å². The van der Waals surface area contributed by atoms with E-state index in [0.29, 0.717) is 0 Å². The maximum absolute atomic E-state index is 2.26. The van der Waals surface area contributed by atoms with Gasteiger partial charge in [-0.1, -0.05) is 66.7 Å². The van der Waals surface area contributed by atoms with Gasteiger partial charge in [-0.3, -0.25) is 0 Å². The van der Waals surface area contributed by atoms with Gasteiger partial charge in [0, 0.05) is 17.0 Å². The van der Waals surface area contributed by atoms with Crippen LogP contribution in [0.2, 0.25) is 0 Å². The van der Waals surface area contributed by atoms with Crippen molar-refractivity contribution in [2.45, 2.75) is 6.92 Å². The molecule has 26 heavy (non-hydrogen) atoms. The van der Waals surface area contributed by atoms with Gasteiger partial charge in [0.2, 0.25) is 5.69 Å². The van der Waals surface area contributed by atoms with Crippen LogP contribution in [-0.2, 0) is 7.05 Å². The van der Waals surface area contributed by atoms with Crippen LogP contribution in [0.4, 0.5) is 0 Å². The summed E-state index contributed by atoms with van der Waals surface area (Å²) in [5.41, 5.74) is 3.87. The first-order valence-corrected chi connectivity index (χ1v) is 9.03. The molecule has 0 N–H and O–H groups in total. The minimum atomic E-state index is 1.28. The lowest BCUT2D eigenvalue weighted by Crippen LogP contribution is -2.30. The molecule has 0 bridgehead atoms. The Labute approximate surface area is 153 Å². The molecular weight excluding hydrogens is 314 g/mol. The Morgan fingerprint density at radius 1 is 0.577 bits per heavy atom. The molecule has 1 heterocycles. The van der Waals surface area contributed by atoms with E-state index in [4.69, 9.17) is 0 Å². The number of hydrogen-bond acceptors (Lipinski definition) is 0. The number of aryl methyl sites for hydroxylation is 2. The van der Waals surface area contributed by atoms with E-state index < -0.39 is 0 Å². The van der Waals surface area contributed by atoms with Gasteiger partial charge in [-0.25, -0.2) is 4.57 Å². The van der Waals surface area contributed by atoms with Crippen molar-refractivity contribution in [2.75, 3.05) is 0 Å². The minimum Gasteiger partial charge on any atom is -0.200 e. The van der Waals surface area contributed by atoms with Gasteiger partial charge in [-0.15, -0.1) is 0 Å². The number of benzene rings is 4. The van der Waals surface area contributed by atoms with Crippen LogP contribution in [-0.4, -0.2) is 0 Å². The summed E-state index contributed by atoms with van der Waals surface area (Å²) in [6.07, 6.45) is 2.19. The predicted molar refractivity (Wildman–Crippen MR) is 110 cm³/mol. The van der Waals surface area contributed by atoms with Gasteiger partial charge in [0.25, 0.3) is 0 Å². The second-order valence-corrected chi connectivity index (χ2v) is 6.97. The fraction of sp³-hybridized carbons (Fsp3) is 0.0800. The van der Waals surface area contributed by atoms with E-state index in [1.54, 1.807) is 0 Å². The highest BCUT2D eigenvalue weighted by atomic mass is 14.9. The number of nitrogens with zero attached hydrogens (tertiary/aromatic N) is 1. The van der Waals surface area contributed by atoms with Gasteiger partial charge >= 0.3 is 0 Å². The molecule has 1 nitrogen and oxygen atoms in total. The van der Waals surface area contributed by atoms with E-state index in [-0.39, 0.29) is 0 Å². The second kappa shape index (κ2) is 5.67. The Kier molecular flexibility index (Phi) is 3.29. The zero-order chi connectivity index (χ0) is 17.7. The third-order valence-corrected chi connectivity index (χ3v) is 5.43. The predicted octanol–water partition coefficient (Wildman–Crippen LogP) is 5.95. The Morgan fingerprint density at radius 2 is 1.08 bits per heavy atom. The summed E-state index contributed by atoms with van der Waals surface area (Å²) in [5.74, 6) is 0. The molecule has 1 aromatic heterocycles. The molecule has 4 aromatic carbocycles. The fourth-order valence-electron chi connectivity index (χ4n) is 4.20. The first-order valence-electron chi connectivity index (χ1n) is 9.03. The number of aromatic nitrogens is 1. The van der Waals surface area contributed by atoms with Crippen LogP contribution in [0.15, 0.2) is 85.1 Å².